The molecule has 29 heavy (non-hydrogen) atoms. The van der Waals surface area contributed by atoms with E-state index in [0.717, 1.165) is 11.1 Å². The van der Waals surface area contributed by atoms with Crippen LogP contribution in [0.15, 0.2) is 36.4 Å². The fourth-order valence-corrected chi connectivity index (χ4v) is 5.22. The van der Waals surface area contributed by atoms with Crippen LogP contribution < -0.4 is 5.32 Å². The Hall–Kier alpha value is -2.67. The molecule has 1 N–H and O–H groups in total. The molecule has 7 heteroatoms. The molecular formula is C22H25N3O4. The SMILES string of the molecule is Cc1cccc(CN2C[C@]34C=C[C@H](O3)[C@@H](C(=O)N3CCNC(=O)CC3)[C@H]4C2=O)c1. The molecule has 0 aliphatic carbocycles. The number of likely N-dealkylation sites (tertiary alicyclic amines) is 1. The van der Waals surface area contributed by atoms with Gasteiger partial charge in [0.15, 0.2) is 0 Å². The number of amides is 3. The number of carbonyl (C=O) groups is 3. The number of nitrogens with zero attached hydrogens (tertiary/aromatic N) is 2. The Morgan fingerprint density at radius 3 is 3.00 bits per heavy atom. The Kier molecular flexibility index (Phi) is 4.24. The van der Waals surface area contributed by atoms with Crippen molar-refractivity contribution in [1.82, 2.24) is 15.1 Å². The predicted octanol–water partition coefficient (Wildman–Crippen LogP) is 0.626. The van der Waals surface area contributed by atoms with Crippen molar-refractivity contribution in [3.8, 4) is 0 Å². The minimum atomic E-state index is -0.703. The molecule has 152 valence electrons. The standard InChI is InChI=1S/C22H25N3O4/c1-14-3-2-4-15(11-14)12-25-13-22-7-5-16(29-22)18(19(22)21(25)28)20(27)24-9-6-17(26)23-8-10-24/h2-5,7,11,16,18-19H,6,8-10,12-13H2,1H3,(H,23,26)/t16-,18+,19-,22-/m0/s1. The lowest BCUT2D eigenvalue weighted by atomic mass is 9.76. The number of fused-ring (bicyclic) bond motifs is 1. The van der Waals surface area contributed by atoms with Gasteiger partial charge in [-0.05, 0) is 12.5 Å². The molecule has 7 nitrogen and oxygen atoms in total. The smallest absolute Gasteiger partial charge is 0.230 e. The molecule has 4 atom stereocenters. The molecule has 3 fully saturated rings. The Morgan fingerprint density at radius 2 is 2.17 bits per heavy atom. The van der Waals surface area contributed by atoms with E-state index in [-0.39, 0.29) is 23.8 Å². The lowest BCUT2D eigenvalue weighted by molar-refractivity contribution is -0.143. The van der Waals surface area contributed by atoms with Crippen LogP contribution >= 0.6 is 0 Å². The van der Waals surface area contributed by atoms with E-state index in [2.05, 4.69) is 11.4 Å². The average Bonchev–Trinajstić information content (AvgIpc) is 3.26. The lowest BCUT2D eigenvalue weighted by Gasteiger charge is -2.29. The fourth-order valence-electron chi connectivity index (χ4n) is 5.22. The summed E-state index contributed by atoms with van der Waals surface area (Å²) in [4.78, 5) is 41.9. The Morgan fingerprint density at radius 1 is 1.31 bits per heavy atom. The van der Waals surface area contributed by atoms with Gasteiger partial charge in [-0.25, -0.2) is 0 Å². The van der Waals surface area contributed by atoms with Crippen LogP contribution in [0.5, 0.6) is 0 Å². The van der Waals surface area contributed by atoms with Crippen LogP contribution in [-0.4, -0.2) is 65.4 Å². The largest absolute Gasteiger partial charge is 0.360 e. The van der Waals surface area contributed by atoms with E-state index in [1.165, 1.54) is 0 Å². The highest BCUT2D eigenvalue weighted by Crippen LogP contribution is 2.52. The average molecular weight is 395 g/mol. The molecule has 0 unspecified atom stereocenters. The van der Waals surface area contributed by atoms with Crippen molar-refractivity contribution in [3.63, 3.8) is 0 Å². The van der Waals surface area contributed by atoms with E-state index < -0.39 is 17.4 Å². The molecule has 4 aliphatic heterocycles. The summed E-state index contributed by atoms with van der Waals surface area (Å²) in [7, 11) is 0. The van der Waals surface area contributed by atoms with E-state index in [0.29, 0.717) is 39.1 Å². The van der Waals surface area contributed by atoms with E-state index in [1.807, 2.05) is 42.2 Å². The highest BCUT2D eigenvalue weighted by Gasteiger charge is 2.67. The van der Waals surface area contributed by atoms with Crippen molar-refractivity contribution in [3.05, 3.63) is 47.5 Å². The minimum Gasteiger partial charge on any atom is -0.360 e. The Labute approximate surface area is 169 Å². The van der Waals surface area contributed by atoms with Gasteiger partial charge in [0, 0.05) is 32.6 Å². The van der Waals surface area contributed by atoms with Crippen molar-refractivity contribution in [2.45, 2.75) is 31.6 Å². The van der Waals surface area contributed by atoms with Crippen LogP contribution in [0.1, 0.15) is 17.5 Å². The molecule has 0 aromatic heterocycles. The van der Waals surface area contributed by atoms with E-state index in [9.17, 15) is 14.4 Å². The highest BCUT2D eigenvalue weighted by molar-refractivity contribution is 5.93. The number of hydrogen-bond donors (Lipinski definition) is 1. The number of ether oxygens (including phenoxy) is 1. The molecule has 1 spiro atoms. The number of aryl methyl sites for hydroxylation is 1. The van der Waals surface area contributed by atoms with Gasteiger partial charge in [0.25, 0.3) is 0 Å². The van der Waals surface area contributed by atoms with Crippen LogP contribution in [0.3, 0.4) is 0 Å². The molecule has 2 bridgehead atoms. The number of rotatable bonds is 3. The van der Waals surface area contributed by atoms with Gasteiger partial charge in [-0.15, -0.1) is 0 Å². The highest BCUT2D eigenvalue weighted by atomic mass is 16.5. The van der Waals surface area contributed by atoms with Crippen molar-refractivity contribution in [2.24, 2.45) is 11.8 Å². The first kappa shape index (κ1) is 18.4. The summed E-state index contributed by atoms with van der Waals surface area (Å²) in [5.74, 6) is -1.12. The van der Waals surface area contributed by atoms with Gasteiger partial charge in [0.05, 0.1) is 24.5 Å². The quantitative estimate of drug-likeness (QED) is 0.762. The van der Waals surface area contributed by atoms with Gasteiger partial charge in [-0.3, -0.25) is 14.4 Å². The summed E-state index contributed by atoms with van der Waals surface area (Å²) in [5, 5.41) is 2.79. The molecule has 3 amide bonds. The van der Waals surface area contributed by atoms with Crippen molar-refractivity contribution >= 4 is 17.7 Å². The monoisotopic (exact) mass is 395 g/mol. The van der Waals surface area contributed by atoms with E-state index in [4.69, 9.17) is 4.74 Å². The topological polar surface area (TPSA) is 79.0 Å². The molecular weight excluding hydrogens is 370 g/mol. The van der Waals surface area contributed by atoms with Crippen molar-refractivity contribution in [2.75, 3.05) is 26.2 Å². The van der Waals surface area contributed by atoms with Crippen LogP contribution in [-0.2, 0) is 25.7 Å². The zero-order valence-electron chi connectivity index (χ0n) is 16.5. The second-order valence-corrected chi connectivity index (χ2v) is 8.51. The Bertz CT molecular complexity index is 913. The van der Waals surface area contributed by atoms with Crippen LogP contribution in [0, 0.1) is 18.8 Å². The number of nitrogens with one attached hydrogen (secondary N) is 1. The second kappa shape index (κ2) is 6.69. The summed E-state index contributed by atoms with van der Waals surface area (Å²) in [5.41, 5.74) is 1.53. The summed E-state index contributed by atoms with van der Waals surface area (Å²) in [6, 6.07) is 8.13. The zero-order valence-corrected chi connectivity index (χ0v) is 16.5. The lowest BCUT2D eigenvalue weighted by Crippen LogP contribution is -2.47. The van der Waals surface area contributed by atoms with E-state index in [1.54, 1.807) is 4.90 Å². The zero-order chi connectivity index (χ0) is 20.2. The maximum Gasteiger partial charge on any atom is 0.230 e. The third-order valence-corrected chi connectivity index (χ3v) is 6.54. The molecule has 1 aromatic rings. The van der Waals surface area contributed by atoms with Gasteiger partial charge in [-0.1, -0.05) is 42.0 Å². The van der Waals surface area contributed by atoms with Gasteiger partial charge >= 0.3 is 0 Å². The van der Waals surface area contributed by atoms with Gasteiger partial charge in [-0.2, -0.15) is 0 Å². The van der Waals surface area contributed by atoms with Gasteiger partial charge in [0.2, 0.25) is 17.7 Å². The maximum atomic E-state index is 13.4. The molecule has 0 radical (unpaired) electrons. The van der Waals surface area contributed by atoms with Crippen LogP contribution in [0.2, 0.25) is 0 Å². The predicted molar refractivity (Wildman–Crippen MR) is 105 cm³/mol. The number of benzene rings is 1. The summed E-state index contributed by atoms with van der Waals surface area (Å²) in [6.45, 7) is 4.33. The van der Waals surface area contributed by atoms with Crippen LogP contribution in [0.4, 0.5) is 0 Å². The Balaban J connectivity index is 1.38. The summed E-state index contributed by atoms with van der Waals surface area (Å²) < 4.78 is 6.22. The third kappa shape index (κ3) is 2.95. The van der Waals surface area contributed by atoms with E-state index >= 15 is 0 Å². The molecule has 0 saturated carbocycles. The summed E-state index contributed by atoms with van der Waals surface area (Å²) >= 11 is 0. The number of carbonyl (C=O) groups excluding carboxylic acids is 3. The first-order chi connectivity index (χ1) is 14.0. The first-order valence-electron chi connectivity index (χ1n) is 10.2. The normalized spacial score (nSPS) is 33.1. The third-order valence-electron chi connectivity index (χ3n) is 6.54. The molecule has 4 aliphatic rings. The van der Waals surface area contributed by atoms with Crippen molar-refractivity contribution < 1.29 is 19.1 Å². The van der Waals surface area contributed by atoms with Crippen molar-refractivity contribution in [1.29, 1.82) is 0 Å². The second-order valence-electron chi connectivity index (χ2n) is 8.51. The molecule has 4 heterocycles. The van der Waals surface area contributed by atoms with Gasteiger partial charge < -0.3 is 19.9 Å². The van der Waals surface area contributed by atoms with Crippen LogP contribution in [0.25, 0.3) is 0 Å². The number of hydrogen-bond acceptors (Lipinski definition) is 4. The fraction of sp³-hybridized carbons (Fsp3) is 0.500. The molecule has 1 aromatic carbocycles. The molecule has 5 rings (SSSR count). The molecule has 3 saturated heterocycles. The first-order valence-corrected chi connectivity index (χ1v) is 10.2. The van der Waals surface area contributed by atoms with Gasteiger partial charge in [0.1, 0.15) is 5.60 Å². The minimum absolute atomic E-state index is 0.0132. The maximum absolute atomic E-state index is 13.4. The summed E-state index contributed by atoms with van der Waals surface area (Å²) in [6.07, 6.45) is 3.85.